The summed E-state index contributed by atoms with van der Waals surface area (Å²) in [6.07, 6.45) is 8.27. The molecule has 0 fully saturated rings. The fraction of sp³-hybridized carbons (Fsp3) is 0.522. The molecule has 1 aromatic rings. The van der Waals surface area contributed by atoms with E-state index in [-0.39, 0.29) is 17.6 Å². The van der Waals surface area contributed by atoms with E-state index in [1.807, 2.05) is 19.1 Å². The Bertz CT molecular complexity index is 717. The van der Waals surface area contributed by atoms with Crippen molar-refractivity contribution in [1.82, 2.24) is 0 Å². The van der Waals surface area contributed by atoms with Crippen LogP contribution in [0.1, 0.15) is 69.9 Å². The molecule has 4 heteroatoms. The minimum Gasteiger partial charge on any atom is -0.507 e. The van der Waals surface area contributed by atoms with Gasteiger partial charge in [-0.2, -0.15) is 0 Å². The number of aliphatic carboxylic acids is 1. The van der Waals surface area contributed by atoms with Crippen LogP contribution in [0, 0.1) is 5.92 Å². The third-order valence-electron chi connectivity index (χ3n) is 5.31. The molecular weight excluding hydrogens is 340 g/mol. The van der Waals surface area contributed by atoms with E-state index in [0.29, 0.717) is 11.3 Å². The number of hydrogen-bond donors (Lipinski definition) is 2. The lowest BCUT2D eigenvalue weighted by Gasteiger charge is -2.32. The molecule has 1 aliphatic rings. The Morgan fingerprint density at radius 3 is 2.70 bits per heavy atom. The number of benzene rings is 1. The van der Waals surface area contributed by atoms with Gasteiger partial charge >= 0.3 is 5.97 Å². The first kappa shape index (κ1) is 21.1. The minimum absolute atomic E-state index is 0.0512. The average Bonchev–Trinajstić information content (AvgIpc) is 2.59. The maximum Gasteiger partial charge on any atom is 0.341 e. The van der Waals surface area contributed by atoms with Gasteiger partial charge in [-0.15, -0.1) is 0 Å². The Morgan fingerprint density at radius 1 is 1.33 bits per heavy atom. The van der Waals surface area contributed by atoms with Crippen LogP contribution in [0.15, 0.2) is 35.9 Å². The van der Waals surface area contributed by atoms with E-state index in [2.05, 4.69) is 26.5 Å². The molecule has 1 aromatic carbocycles. The van der Waals surface area contributed by atoms with Crippen LogP contribution in [0.5, 0.6) is 11.5 Å². The van der Waals surface area contributed by atoms with Crippen molar-refractivity contribution in [3.05, 3.63) is 47.1 Å². The quantitative estimate of drug-likeness (QED) is 0.437. The Hall–Kier alpha value is -2.23. The zero-order chi connectivity index (χ0) is 20.0. The van der Waals surface area contributed by atoms with Crippen LogP contribution in [0.2, 0.25) is 0 Å². The molecule has 0 aromatic heterocycles. The van der Waals surface area contributed by atoms with Crippen LogP contribution in [-0.2, 0) is 11.2 Å². The van der Waals surface area contributed by atoms with Crippen molar-refractivity contribution in [2.45, 2.75) is 65.2 Å². The van der Waals surface area contributed by atoms with Crippen LogP contribution in [0.25, 0.3) is 0 Å². The number of carboxylic acid groups (broad SMARTS) is 1. The molecule has 0 bridgehead atoms. The Kier molecular flexibility index (Phi) is 7.52. The largest absolute Gasteiger partial charge is 0.507 e. The summed E-state index contributed by atoms with van der Waals surface area (Å²) in [7, 11) is 0. The van der Waals surface area contributed by atoms with Gasteiger partial charge in [0.1, 0.15) is 11.5 Å². The summed E-state index contributed by atoms with van der Waals surface area (Å²) in [5.74, 6) is -0.205. The topological polar surface area (TPSA) is 66.8 Å². The Morgan fingerprint density at radius 2 is 2.07 bits per heavy atom. The summed E-state index contributed by atoms with van der Waals surface area (Å²) in [5.41, 5.74) is 4.00. The Balaban J connectivity index is 2.46. The second-order valence-corrected chi connectivity index (χ2v) is 7.70. The molecule has 0 amide bonds. The lowest BCUT2D eigenvalue weighted by Crippen LogP contribution is -2.19. The van der Waals surface area contributed by atoms with E-state index in [4.69, 9.17) is 9.84 Å². The summed E-state index contributed by atoms with van der Waals surface area (Å²) in [6, 6.07) is 3.72. The fourth-order valence-corrected chi connectivity index (χ4v) is 3.89. The molecule has 2 rings (SSSR count). The number of phenolic OH excluding ortho intramolecular Hbond substituents is 1. The SMILES string of the molecule is C=C(C)[C@@H]1CCC(C)=C[C@H]1c1c(O)cc(CCCCC)cc1OCC(=O)O. The van der Waals surface area contributed by atoms with Gasteiger partial charge in [-0.25, -0.2) is 4.79 Å². The highest BCUT2D eigenvalue weighted by atomic mass is 16.5. The van der Waals surface area contributed by atoms with Crippen molar-refractivity contribution in [1.29, 1.82) is 0 Å². The standard InChI is InChI=1S/C23H32O4/c1-5-6-7-8-17-12-20(24)23(21(13-17)27-14-22(25)26)19-11-16(4)9-10-18(19)15(2)3/h11-13,18-19,24H,2,5-10,14H2,1,3-4H3,(H,25,26)/t18-,19+/m0/s1. The molecule has 148 valence electrons. The summed E-state index contributed by atoms with van der Waals surface area (Å²) < 4.78 is 5.62. The molecule has 4 nitrogen and oxygen atoms in total. The van der Waals surface area contributed by atoms with E-state index < -0.39 is 12.6 Å². The first-order valence-electron chi connectivity index (χ1n) is 9.86. The average molecular weight is 373 g/mol. The van der Waals surface area contributed by atoms with Crippen LogP contribution in [-0.4, -0.2) is 22.8 Å². The van der Waals surface area contributed by atoms with Gasteiger partial charge in [-0.3, -0.25) is 0 Å². The number of carbonyl (C=O) groups is 1. The first-order valence-corrected chi connectivity index (χ1v) is 9.86. The van der Waals surface area contributed by atoms with E-state index >= 15 is 0 Å². The van der Waals surface area contributed by atoms with Gasteiger partial charge in [-0.05, 0) is 63.1 Å². The van der Waals surface area contributed by atoms with Gasteiger partial charge in [0.25, 0.3) is 0 Å². The highest BCUT2D eigenvalue weighted by Gasteiger charge is 2.30. The lowest BCUT2D eigenvalue weighted by atomic mass is 9.73. The maximum atomic E-state index is 11.1. The second kappa shape index (κ2) is 9.63. The number of hydrogen-bond acceptors (Lipinski definition) is 3. The van der Waals surface area contributed by atoms with Crippen molar-refractivity contribution < 1.29 is 19.7 Å². The lowest BCUT2D eigenvalue weighted by molar-refractivity contribution is -0.139. The van der Waals surface area contributed by atoms with Crippen LogP contribution >= 0.6 is 0 Å². The van der Waals surface area contributed by atoms with Crippen molar-refractivity contribution in [3.8, 4) is 11.5 Å². The summed E-state index contributed by atoms with van der Waals surface area (Å²) in [6.45, 7) is 9.97. The molecular formula is C23H32O4. The normalized spacial score (nSPS) is 19.4. The number of aryl methyl sites for hydroxylation is 1. The van der Waals surface area contributed by atoms with E-state index in [9.17, 15) is 9.90 Å². The second-order valence-electron chi connectivity index (χ2n) is 7.70. The Labute approximate surface area is 162 Å². The maximum absolute atomic E-state index is 11.1. The van der Waals surface area contributed by atoms with Crippen LogP contribution in [0.4, 0.5) is 0 Å². The van der Waals surface area contributed by atoms with Gasteiger partial charge < -0.3 is 14.9 Å². The molecule has 0 saturated carbocycles. The third kappa shape index (κ3) is 5.62. The molecule has 2 atom stereocenters. The zero-order valence-corrected chi connectivity index (χ0v) is 16.8. The number of rotatable bonds is 9. The smallest absolute Gasteiger partial charge is 0.341 e. The van der Waals surface area contributed by atoms with Gasteiger partial charge in [0, 0.05) is 11.5 Å². The number of unbranched alkanes of at least 4 members (excludes halogenated alkanes) is 2. The molecule has 1 aliphatic carbocycles. The first-order chi connectivity index (χ1) is 12.8. The van der Waals surface area contributed by atoms with Crippen molar-refractivity contribution in [2.75, 3.05) is 6.61 Å². The van der Waals surface area contributed by atoms with Gasteiger partial charge in [0.2, 0.25) is 0 Å². The van der Waals surface area contributed by atoms with Crippen LogP contribution in [0.3, 0.4) is 0 Å². The highest BCUT2D eigenvalue weighted by molar-refractivity contribution is 5.68. The number of ether oxygens (including phenoxy) is 1. The van der Waals surface area contributed by atoms with E-state index in [1.165, 1.54) is 5.57 Å². The predicted octanol–water partition coefficient (Wildman–Crippen LogP) is 5.60. The molecule has 27 heavy (non-hydrogen) atoms. The number of aromatic hydroxyl groups is 1. The number of phenols is 1. The van der Waals surface area contributed by atoms with Gasteiger partial charge in [0.15, 0.2) is 6.61 Å². The van der Waals surface area contributed by atoms with E-state index in [1.54, 1.807) is 0 Å². The minimum atomic E-state index is -1.02. The molecule has 0 radical (unpaired) electrons. The molecule has 0 aliphatic heterocycles. The van der Waals surface area contributed by atoms with Crippen molar-refractivity contribution in [3.63, 3.8) is 0 Å². The summed E-state index contributed by atoms with van der Waals surface area (Å²) in [4.78, 5) is 11.1. The molecule has 0 heterocycles. The fourth-order valence-electron chi connectivity index (χ4n) is 3.89. The molecule has 0 unspecified atom stereocenters. The van der Waals surface area contributed by atoms with Gasteiger partial charge in [-0.1, -0.05) is 43.6 Å². The monoisotopic (exact) mass is 372 g/mol. The number of carboxylic acids is 1. The van der Waals surface area contributed by atoms with E-state index in [0.717, 1.165) is 49.7 Å². The number of allylic oxidation sites excluding steroid dienone is 3. The van der Waals surface area contributed by atoms with Gasteiger partial charge in [0.05, 0.1) is 0 Å². The predicted molar refractivity (Wildman–Crippen MR) is 109 cm³/mol. The summed E-state index contributed by atoms with van der Waals surface area (Å²) >= 11 is 0. The zero-order valence-electron chi connectivity index (χ0n) is 16.8. The van der Waals surface area contributed by atoms with Crippen LogP contribution < -0.4 is 4.74 Å². The molecule has 2 N–H and O–H groups in total. The summed E-state index contributed by atoms with van der Waals surface area (Å²) in [5, 5.41) is 19.9. The van der Waals surface area contributed by atoms with Crippen molar-refractivity contribution >= 4 is 5.97 Å². The van der Waals surface area contributed by atoms with Crippen molar-refractivity contribution in [2.24, 2.45) is 5.92 Å². The third-order valence-corrected chi connectivity index (χ3v) is 5.31. The molecule has 0 spiro atoms. The molecule has 0 saturated heterocycles. The highest BCUT2D eigenvalue weighted by Crippen LogP contribution is 2.47.